The van der Waals surface area contributed by atoms with E-state index in [-0.39, 0.29) is 0 Å². The lowest BCUT2D eigenvalue weighted by Gasteiger charge is -2.12. The molecule has 0 bridgehead atoms. The molecule has 0 aliphatic heterocycles. The molecule has 0 spiro atoms. The number of furan rings is 1. The molecule has 2 heterocycles. The van der Waals surface area contributed by atoms with E-state index < -0.39 is 0 Å². The van der Waals surface area contributed by atoms with Gasteiger partial charge in [-0.2, -0.15) is 0 Å². The summed E-state index contributed by atoms with van der Waals surface area (Å²) in [6.45, 7) is 6.53. The number of hydrogen-bond donors (Lipinski definition) is 1. The molecule has 2 aromatic heterocycles. The fraction of sp³-hybridized carbons (Fsp3) is 0.500. The lowest BCUT2D eigenvalue weighted by atomic mass is 10.3. The van der Waals surface area contributed by atoms with E-state index in [0.29, 0.717) is 6.04 Å². The lowest BCUT2D eigenvalue weighted by molar-refractivity contribution is 0.265. The Balaban J connectivity index is 1.82. The average Bonchev–Trinajstić information content (AvgIpc) is 2.98. The normalized spacial score (nSPS) is 11.6. The molecular weight excluding hydrogens is 242 g/mol. The zero-order valence-electron chi connectivity index (χ0n) is 11.7. The molecule has 0 aliphatic carbocycles. The van der Waals surface area contributed by atoms with Crippen molar-refractivity contribution in [3.8, 4) is 0 Å². The molecular formula is C14H21N3O2. The third kappa shape index (κ3) is 4.54. The number of nitrogens with one attached hydrogen (secondary N) is 1. The van der Waals surface area contributed by atoms with Crippen molar-refractivity contribution in [2.75, 3.05) is 7.05 Å². The Hall–Kier alpha value is -1.59. The van der Waals surface area contributed by atoms with E-state index in [1.165, 1.54) is 0 Å². The van der Waals surface area contributed by atoms with Gasteiger partial charge in [-0.05, 0) is 13.1 Å². The summed E-state index contributed by atoms with van der Waals surface area (Å²) in [7, 11) is 2.04. The summed E-state index contributed by atoms with van der Waals surface area (Å²) in [4.78, 5) is 2.16. The molecule has 0 aromatic carbocycles. The first-order valence-corrected chi connectivity index (χ1v) is 6.51. The van der Waals surface area contributed by atoms with Crippen LogP contribution in [0.25, 0.3) is 0 Å². The third-order valence-corrected chi connectivity index (χ3v) is 2.76. The quantitative estimate of drug-likeness (QED) is 0.831. The highest BCUT2D eigenvalue weighted by molar-refractivity contribution is 5.07. The smallest absolute Gasteiger partial charge is 0.151 e. The van der Waals surface area contributed by atoms with Gasteiger partial charge in [0.05, 0.1) is 24.8 Å². The summed E-state index contributed by atoms with van der Waals surface area (Å²) < 4.78 is 10.4. The van der Waals surface area contributed by atoms with Crippen LogP contribution in [0.2, 0.25) is 0 Å². The fourth-order valence-electron chi connectivity index (χ4n) is 1.84. The highest BCUT2D eigenvalue weighted by Gasteiger charge is 2.08. The fourth-order valence-corrected chi connectivity index (χ4v) is 1.84. The summed E-state index contributed by atoms with van der Waals surface area (Å²) in [5.74, 6) is 0.881. The maximum atomic E-state index is 5.33. The van der Waals surface area contributed by atoms with Crippen molar-refractivity contribution in [1.29, 1.82) is 0 Å². The number of rotatable bonds is 7. The molecule has 1 N–H and O–H groups in total. The van der Waals surface area contributed by atoms with Crippen LogP contribution >= 0.6 is 0 Å². The Labute approximate surface area is 113 Å². The standard InChI is InChI=1S/C14H21N3O2/c1-11(2)15-7-13-6-14(19-16-13)9-17(3)8-12-4-5-18-10-12/h4-6,10-11,15H,7-9H2,1-3H3. The van der Waals surface area contributed by atoms with Gasteiger partial charge in [-0.15, -0.1) is 0 Å². The maximum Gasteiger partial charge on any atom is 0.151 e. The van der Waals surface area contributed by atoms with E-state index in [1.54, 1.807) is 12.5 Å². The molecule has 0 unspecified atom stereocenters. The average molecular weight is 263 g/mol. The minimum Gasteiger partial charge on any atom is -0.472 e. The summed E-state index contributed by atoms with van der Waals surface area (Å²) in [5.41, 5.74) is 2.10. The number of aromatic nitrogens is 1. The molecule has 19 heavy (non-hydrogen) atoms. The van der Waals surface area contributed by atoms with Gasteiger partial charge in [0.25, 0.3) is 0 Å². The molecule has 2 rings (SSSR count). The minimum absolute atomic E-state index is 0.448. The largest absolute Gasteiger partial charge is 0.472 e. The van der Waals surface area contributed by atoms with Crippen molar-refractivity contribution in [3.63, 3.8) is 0 Å². The lowest BCUT2D eigenvalue weighted by Crippen LogP contribution is -2.21. The van der Waals surface area contributed by atoms with E-state index in [9.17, 15) is 0 Å². The van der Waals surface area contributed by atoms with Crippen LogP contribution in [-0.4, -0.2) is 23.1 Å². The zero-order valence-corrected chi connectivity index (χ0v) is 11.7. The second-order valence-electron chi connectivity index (χ2n) is 5.12. The van der Waals surface area contributed by atoms with Crippen LogP contribution in [0.1, 0.15) is 30.9 Å². The van der Waals surface area contributed by atoms with Gasteiger partial charge in [0, 0.05) is 30.8 Å². The van der Waals surface area contributed by atoms with Crippen molar-refractivity contribution in [2.45, 2.75) is 39.5 Å². The van der Waals surface area contributed by atoms with Crippen molar-refractivity contribution in [3.05, 3.63) is 41.7 Å². The van der Waals surface area contributed by atoms with Crippen LogP contribution in [0, 0.1) is 0 Å². The van der Waals surface area contributed by atoms with Crippen molar-refractivity contribution in [1.82, 2.24) is 15.4 Å². The highest BCUT2D eigenvalue weighted by Crippen LogP contribution is 2.10. The molecule has 0 saturated carbocycles. The van der Waals surface area contributed by atoms with Gasteiger partial charge >= 0.3 is 0 Å². The second kappa shape index (κ2) is 6.54. The van der Waals surface area contributed by atoms with Crippen LogP contribution in [-0.2, 0) is 19.6 Å². The maximum absolute atomic E-state index is 5.33. The van der Waals surface area contributed by atoms with Gasteiger partial charge in [0.2, 0.25) is 0 Å². The van der Waals surface area contributed by atoms with Gasteiger partial charge in [0.15, 0.2) is 5.76 Å². The first-order valence-electron chi connectivity index (χ1n) is 6.51. The summed E-state index contributed by atoms with van der Waals surface area (Å²) in [5, 5.41) is 7.37. The molecule has 5 heteroatoms. The molecule has 2 aromatic rings. The minimum atomic E-state index is 0.448. The Morgan fingerprint density at radius 1 is 1.37 bits per heavy atom. The van der Waals surface area contributed by atoms with Crippen LogP contribution in [0.15, 0.2) is 33.6 Å². The van der Waals surface area contributed by atoms with Gasteiger partial charge < -0.3 is 14.3 Å². The molecule has 0 radical (unpaired) electrons. The Bertz CT molecular complexity index is 477. The van der Waals surface area contributed by atoms with E-state index in [1.807, 2.05) is 19.2 Å². The first-order chi connectivity index (χ1) is 9.13. The highest BCUT2D eigenvalue weighted by atomic mass is 16.5. The topological polar surface area (TPSA) is 54.4 Å². The van der Waals surface area contributed by atoms with Gasteiger partial charge in [-0.1, -0.05) is 19.0 Å². The number of hydrogen-bond acceptors (Lipinski definition) is 5. The molecule has 0 fully saturated rings. The van der Waals surface area contributed by atoms with Gasteiger partial charge in [-0.3, -0.25) is 4.90 Å². The molecule has 0 amide bonds. The Kier molecular flexibility index (Phi) is 4.76. The summed E-state index contributed by atoms with van der Waals surface area (Å²) in [6.07, 6.45) is 3.45. The zero-order chi connectivity index (χ0) is 13.7. The van der Waals surface area contributed by atoms with Crippen LogP contribution in [0.3, 0.4) is 0 Å². The first kappa shape index (κ1) is 13.8. The van der Waals surface area contributed by atoms with E-state index >= 15 is 0 Å². The van der Waals surface area contributed by atoms with E-state index in [2.05, 4.69) is 29.2 Å². The molecule has 0 atom stereocenters. The van der Waals surface area contributed by atoms with Gasteiger partial charge in [-0.25, -0.2) is 0 Å². The third-order valence-electron chi connectivity index (χ3n) is 2.76. The molecule has 104 valence electrons. The van der Waals surface area contributed by atoms with E-state index in [4.69, 9.17) is 8.94 Å². The molecule has 0 saturated heterocycles. The molecule has 0 aliphatic rings. The van der Waals surface area contributed by atoms with Crippen molar-refractivity contribution in [2.24, 2.45) is 0 Å². The Morgan fingerprint density at radius 2 is 2.21 bits per heavy atom. The predicted octanol–water partition coefficient (Wildman–Crippen LogP) is 2.40. The monoisotopic (exact) mass is 263 g/mol. The number of nitrogens with zero attached hydrogens (tertiary/aromatic N) is 2. The van der Waals surface area contributed by atoms with Crippen molar-refractivity contribution >= 4 is 0 Å². The summed E-state index contributed by atoms with van der Waals surface area (Å²) >= 11 is 0. The van der Waals surface area contributed by atoms with Crippen LogP contribution < -0.4 is 5.32 Å². The second-order valence-corrected chi connectivity index (χ2v) is 5.12. The SMILES string of the molecule is CC(C)NCc1cc(CN(C)Cc2ccoc2)on1. The van der Waals surface area contributed by atoms with Gasteiger partial charge in [0.1, 0.15) is 0 Å². The Morgan fingerprint density at radius 3 is 2.89 bits per heavy atom. The van der Waals surface area contributed by atoms with E-state index in [0.717, 1.165) is 36.7 Å². The van der Waals surface area contributed by atoms with Crippen LogP contribution in [0.5, 0.6) is 0 Å². The molecule has 5 nitrogen and oxygen atoms in total. The predicted molar refractivity (Wildman–Crippen MR) is 72.4 cm³/mol. The summed E-state index contributed by atoms with van der Waals surface area (Å²) in [6, 6.07) is 4.42. The van der Waals surface area contributed by atoms with Crippen LogP contribution in [0.4, 0.5) is 0 Å². The van der Waals surface area contributed by atoms with Crippen molar-refractivity contribution < 1.29 is 8.94 Å².